The van der Waals surface area contributed by atoms with Crippen LogP contribution in [0.2, 0.25) is 0 Å². The third kappa shape index (κ3) is 3.01. The van der Waals surface area contributed by atoms with Crippen LogP contribution in [0, 0.1) is 5.92 Å². The number of benzene rings is 1. The van der Waals surface area contributed by atoms with Gasteiger partial charge in [0.2, 0.25) is 11.8 Å². The number of piperazine rings is 1. The van der Waals surface area contributed by atoms with Gasteiger partial charge in [-0.1, -0.05) is 36.8 Å². The maximum Gasteiger partial charge on any atom is 0.326 e. The van der Waals surface area contributed by atoms with Crippen LogP contribution in [-0.4, -0.2) is 56.9 Å². The first-order valence-corrected chi connectivity index (χ1v) is 9.90. The summed E-state index contributed by atoms with van der Waals surface area (Å²) in [5, 5.41) is 9.81. The molecule has 0 radical (unpaired) electrons. The van der Waals surface area contributed by atoms with Crippen LogP contribution in [-0.2, 0) is 20.8 Å². The molecule has 1 saturated carbocycles. The van der Waals surface area contributed by atoms with Crippen molar-refractivity contribution < 1.29 is 19.5 Å². The summed E-state index contributed by atoms with van der Waals surface area (Å²) in [5.41, 5.74) is 1.03. The lowest BCUT2D eigenvalue weighted by atomic mass is 9.97. The molecule has 3 fully saturated rings. The molecule has 5 unspecified atom stereocenters. The molecule has 0 spiro atoms. The van der Waals surface area contributed by atoms with Gasteiger partial charge in [0.25, 0.3) is 0 Å². The Morgan fingerprint density at radius 1 is 1.19 bits per heavy atom. The van der Waals surface area contributed by atoms with E-state index in [-0.39, 0.29) is 17.9 Å². The van der Waals surface area contributed by atoms with E-state index in [1.54, 1.807) is 11.8 Å². The number of aryl methyl sites for hydroxylation is 1. The van der Waals surface area contributed by atoms with Gasteiger partial charge in [-0.2, -0.15) is 0 Å². The zero-order valence-corrected chi connectivity index (χ0v) is 15.6. The number of carboxylic acids is 1. The van der Waals surface area contributed by atoms with E-state index in [0.29, 0.717) is 25.2 Å². The van der Waals surface area contributed by atoms with Crippen LogP contribution in [0.3, 0.4) is 0 Å². The van der Waals surface area contributed by atoms with Crippen LogP contribution in [0.5, 0.6) is 0 Å². The number of aliphatic carboxylic acids is 1. The molecule has 1 aromatic carbocycles. The average molecular weight is 370 g/mol. The van der Waals surface area contributed by atoms with Crippen LogP contribution in [0.4, 0.5) is 0 Å². The number of carboxylic acid groups (broad SMARTS) is 1. The van der Waals surface area contributed by atoms with E-state index in [2.05, 4.69) is 0 Å². The second-order valence-corrected chi connectivity index (χ2v) is 8.06. The van der Waals surface area contributed by atoms with E-state index in [0.717, 1.165) is 24.8 Å². The average Bonchev–Trinajstić information content (AvgIpc) is 3.24. The van der Waals surface area contributed by atoms with Gasteiger partial charge in [-0.15, -0.1) is 0 Å². The van der Waals surface area contributed by atoms with Crippen molar-refractivity contribution in [2.45, 2.75) is 69.6 Å². The summed E-state index contributed by atoms with van der Waals surface area (Å²) in [5.74, 6) is -0.912. The summed E-state index contributed by atoms with van der Waals surface area (Å²) >= 11 is 0. The fraction of sp³-hybridized carbons (Fsp3) is 0.571. The number of fused-ring (bicyclic) bond motifs is 3. The second-order valence-electron chi connectivity index (χ2n) is 8.06. The third-order valence-electron chi connectivity index (χ3n) is 6.58. The van der Waals surface area contributed by atoms with Crippen molar-refractivity contribution >= 4 is 17.8 Å². The minimum absolute atomic E-state index is 0.0834. The number of hydrogen-bond acceptors (Lipinski definition) is 3. The number of amides is 2. The van der Waals surface area contributed by atoms with Gasteiger partial charge in [-0.25, -0.2) is 4.79 Å². The minimum atomic E-state index is -1.04. The molecule has 1 aromatic rings. The summed E-state index contributed by atoms with van der Waals surface area (Å²) in [6.07, 6.45) is 4.67. The lowest BCUT2D eigenvalue weighted by Gasteiger charge is -2.45. The highest BCUT2D eigenvalue weighted by molar-refractivity contribution is 5.99. The van der Waals surface area contributed by atoms with Crippen LogP contribution in [0.25, 0.3) is 0 Å². The molecule has 27 heavy (non-hydrogen) atoms. The standard InChI is InChI=1S/C21H26N2O4/c1-13-19(24)23-16-9-5-8-15(16)12-18(23)20(25)22(13)17(21(26)27)11-10-14-6-3-2-4-7-14/h2-4,6-7,13,15-18H,5,8-12H2,1H3,(H,26,27). The van der Waals surface area contributed by atoms with E-state index in [9.17, 15) is 19.5 Å². The van der Waals surface area contributed by atoms with Crippen LogP contribution in [0.1, 0.15) is 44.6 Å². The zero-order chi connectivity index (χ0) is 19.1. The molecule has 2 saturated heterocycles. The highest BCUT2D eigenvalue weighted by atomic mass is 16.4. The quantitative estimate of drug-likeness (QED) is 0.861. The summed E-state index contributed by atoms with van der Waals surface area (Å²) in [7, 11) is 0. The van der Waals surface area contributed by atoms with E-state index in [1.165, 1.54) is 4.90 Å². The van der Waals surface area contributed by atoms with Gasteiger partial charge < -0.3 is 14.9 Å². The fourth-order valence-electron chi connectivity index (χ4n) is 5.28. The van der Waals surface area contributed by atoms with Gasteiger partial charge in [0.05, 0.1) is 0 Å². The predicted molar refractivity (Wildman–Crippen MR) is 98.9 cm³/mol. The minimum Gasteiger partial charge on any atom is -0.480 e. The lowest BCUT2D eigenvalue weighted by molar-refractivity contribution is -0.168. The maximum absolute atomic E-state index is 13.2. The fourth-order valence-corrected chi connectivity index (χ4v) is 5.28. The van der Waals surface area contributed by atoms with Crippen LogP contribution < -0.4 is 0 Å². The number of rotatable bonds is 5. The van der Waals surface area contributed by atoms with Gasteiger partial charge >= 0.3 is 5.97 Å². The van der Waals surface area contributed by atoms with Gasteiger partial charge in [0, 0.05) is 6.04 Å². The van der Waals surface area contributed by atoms with Crippen LogP contribution in [0.15, 0.2) is 30.3 Å². The maximum atomic E-state index is 13.2. The number of hydrogen-bond donors (Lipinski definition) is 1. The molecule has 0 bridgehead atoms. The van der Waals surface area contributed by atoms with Gasteiger partial charge in [0.15, 0.2) is 0 Å². The Hall–Kier alpha value is -2.37. The monoisotopic (exact) mass is 370 g/mol. The Bertz CT molecular complexity index is 750. The first kappa shape index (κ1) is 18.0. The molecule has 6 heteroatoms. The topological polar surface area (TPSA) is 77.9 Å². The molecule has 6 nitrogen and oxygen atoms in total. The summed E-state index contributed by atoms with van der Waals surface area (Å²) in [6, 6.07) is 7.65. The zero-order valence-electron chi connectivity index (χ0n) is 15.6. The molecule has 144 valence electrons. The van der Waals surface area contributed by atoms with Crippen molar-refractivity contribution in [1.29, 1.82) is 0 Å². The Morgan fingerprint density at radius 2 is 1.93 bits per heavy atom. The normalized spacial score (nSPS) is 31.0. The molecular formula is C21H26N2O4. The SMILES string of the molecule is CC1C(=O)N2C(CC3CCCC32)C(=O)N1C(CCc1ccccc1)C(=O)O. The van der Waals surface area contributed by atoms with Crippen LogP contribution >= 0.6 is 0 Å². The highest BCUT2D eigenvalue weighted by Gasteiger charge is 2.56. The summed E-state index contributed by atoms with van der Waals surface area (Å²) in [6.45, 7) is 1.68. The smallest absolute Gasteiger partial charge is 0.326 e. The molecule has 1 N–H and O–H groups in total. The molecule has 1 aliphatic carbocycles. The van der Waals surface area contributed by atoms with Crippen molar-refractivity contribution in [3.8, 4) is 0 Å². The first-order valence-electron chi connectivity index (χ1n) is 9.90. The van der Waals surface area contributed by atoms with Crippen molar-refractivity contribution in [2.24, 2.45) is 5.92 Å². The summed E-state index contributed by atoms with van der Waals surface area (Å²) in [4.78, 5) is 41.4. The number of carbonyl (C=O) groups is 3. The Balaban J connectivity index is 1.56. The molecule has 2 heterocycles. The van der Waals surface area contributed by atoms with E-state index >= 15 is 0 Å². The van der Waals surface area contributed by atoms with Gasteiger partial charge in [-0.05, 0) is 50.5 Å². The molecule has 2 aliphatic heterocycles. The van der Waals surface area contributed by atoms with E-state index < -0.39 is 24.1 Å². The van der Waals surface area contributed by atoms with E-state index in [4.69, 9.17) is 0 Å². The van der Waals surface area contributed by atoms with E-state index in [1.807, 2.05) is 30.3 Å². The first-order chi connectivity index (χ1) is 13.0. The van der Waals surface area contributed by atoms with Crippen molar-refractivity contribution in [2.75, 3.05) is 0 Å². The Morgan fingerprint density at radius 3 is 2.63 bits per heavy atom. The molecule has 4 rings (SSSR count). The van der Waals surface area contributed by atoms with Gasteiger partial charge in [0.1, 0.15) is 18.1 Å². The predicted octanol–water partition coefficient (Wildman–Crippen LogP) is 2.07. The van der Waals surface area contributed by atoms with Crippen molar-refractivity contribution in [1.82, 2.24) is 9.80 Å². The number of nitrogens with zero attached hydrogens (tertiary/aromatic N) is 2. The van der Waals surface area contributed by atoms with Crippen molar-refractivity contribution in [3.63, 3.8) is 0 Å². The molecule has 3 aliphatic rings. The molecule has 2 amide bonds. The molecule has 5 atom stereocenters. The lowest BCUT2D eigenvalue weighted by Crippen LogP contribution is -2.66. The Labute approximate surface area is 159 Å². The van der Waals surface area contributed by atoms with Crippen molar-refractivity contribution in [3.05, 3.63) is 35.9 Å². The second kappa shape index (κ2) is 6.98. The molecule has 0 aromatic heterocycles. The summed E-state index contributed by atoms with van der Waals surface area (Å²) < 4.78 is 0. The highest BCUT2D eigenvalue weighted by Crippen LogP contribution is 2.44. The Kier molecular flexibility index (Phi) is 4.66. The number of carbonyl (C=O) groups excluding carboxylic acids is 2. The molecular weight excluding hydrogens is 344 g/mol. The van der Waals surface area contributed by atoms with Gasteiger partial charge in [-0.3, -0.25) is 9.59 Å². The largest absolute Gasteiger partial charge is 0.480 e. The third-order valence-corrected chi connectivity index (χ3v) is 6.58.